The number of hydrogen-bond donors (Lipinski definition) is 0. The Morgan fingerprint density at radius 1 is 0.885 bits per heavy atom. The molecule has 0 aliphatic rings. The lowest BCUT2D eigenvalue weighted by molar-refractivity contribution is 0.127. The van der Waals surface area contributed by atoms with Gasteiger partial charge in [0.2, 0.25) is 5.88 Å². The first-order chi connectivity index (χ1) is 12.7. The van der Waals surface area contributed by atoms with Crippen LogP contribution in [0.5, 0.6) is 17.7 Å². The Balaban J connectivity index is 1.98. The quantitative estimate of drug-likeness (QED) is 0.572. The standard InChI is InChI=1S/C19H20N2O5/c1-22-10-11-25-19-21-17(14-6-9-16(24-3)20-12-14)18(26-19)13-4-7-15(23-2)8-5-13/h4-9,12H,10-11H2,1-3H3. The summed E-state index contributed by atoms with van der Waals surface area (Å²) in [6.45, 7) is 0.791. The summed E-state index contributed by atoms with van der Waals surface area (Å²) in [4.78, 5) is 8.71. The van der Waals surface area contributed by atoms with E-state index in [-0.39, 0.29) is 6.08 Å². The number of aromatic nitrogens is 2. The minimum atomic E-state index is 0.179. The SMILES string of the molecule is COCCOc1nc(-c2ccc(OC)nc2)c(-c2ccc(OC)cc2)o1. The van der Waals surface area contributed by atoms with Gasteiger partial charge in [0, 0.05) is 30.5 Å². The molecule has 0 atom stereocenters. The van der Waals surface area contributed by atoms with Gasteiger partial charge in [-0.25, -0.2) is 4.98 Å². The third kappa shape index (κ3) is 3.94. The van der Waals surface area contributed by atoms with E-state index in [1.807, 2.05) is 30.3 Å². The maximum absolute atomic E-state index is 5.84. The van der Waals surface area contributed by atoms with Crippen LogP contribution in [0.4, 0.5) is 0 Å². The number of ether oxygens (including phenoxy) is 4. The molecule has 0 N–H and O–H groups in total. The molecule has 7 nitrogen and oxygen atoms in total. The minimum absolute atomic E-state index is 0.179. The molecule has 0 fully saturated rings. The molecule has 0 saturated carbocycles. The first-order valence-corrected chi connectivity index (χ1v) is 8.02. The van der Waals surface area contributed by atoms with E-state index < -0.39 is 0 Å². The Morgan fingerprint density at radius 2 is 1.65 bits per heavy atom. The van der Waals surface area contributed by atoms with Gasteiger partial charge >= 0.3 is 6.08 Å². The summed E-state index contributed by atoms with van der Waals surface area (Å²) in [6, 6.07) is 11.2. The number of rotatable bonds is 8. The highest BCUT2D eigenvalue weighted by Gasteiger charge is 2.18. The van der Waals surface area contributed by atoms with E-state index in [1.54, 1.807) is 33.6 Å². The van der Waals surface area contributed by atoms with Gasteiger partial charge in [-0.05, 0) is 30.3 Å². The van der Waals surface area contributed by atoms with Gasteiger partial charge in [0.15, 0.2) is 5.76 Å². The third-order valence-corrected chi connectivity index (χ3v) is 3.69. The molecule has 0 amide bonds. The lowest BCUT2D eigenvalue weighted by Crippen LogP contribution is -2.04. The lowest BCUT2D eigenvalue weighted by atomic mass is 10.1. The highest BCUT2D eigenvalue weighted by molar-refractivity contribution is 5.77. The molecule has 2 aromatic heterocycles. The molecule has 2 heterocycles. The fraction of sp³-hybridized carbons (Fsp3) is 0.263. The maximum Gasteiger partial charge on any atom is 0.394 e. The zero-order valence-electron chi connectivity index (χ0n) is 14.9. The Bertz CT molecular complexity index is 763. The Hall–Kier alpha value is -3.06. The van der Waals surface area contributed by atoms with E-state index in [2.05, 4.69) is 9.97 Å². The van der Waals surface area contributed by atoms with Gasteiger partial charge in [0.05, 0.1) is 20.8 Å². The second-order valence-corrected chi connectivity index (χ2v) is 5.32. The van der Waals surface area contributed by atoms with Crippen LogP contribution in [0, 0.1) is 0 Å². The van der Waals surface area contributed by atoms with Gasteiger partial charge in [-0.3, -0.25) is 0 Å². The zero-order valence-corrected chi connectivity index (χ0v) is 14.9. The summed E-state index contributed by atoms with van der Waals surface area (Å²) < 4.78 is 26.7. The average molecular weight is 356 g/mol. The second-order valence-electron chi connectivity index (χ2n) is 5.32. The van der Waals surface area contributed by atoms with Crippen molar-refractivity contribution in [3.05, 3.63) is 42.6 Å². The predicted molar refractivity (Wildman–Crippen MR) is 95.6 cm³/mol. The molecule has 3 aromatic rings. The summed E-state index contributed by atoms with van der Waals surface area (Å²) in [5.74, 6) is 1.88. The third-order valence-electron chi connectivity index (χ3n) is 3.69. The van der Waals surface area contributed by atoms with Crippen LogP contribution in [0.3, 0.4) is 0 Å². The van der Waals surface area contributed by atoms with Gasteiger partial charge in [0.1, 0.15) is 18.1 Å². The molecule has 7 heteroatoms. The van der Waals surface area contributed by atoms with Crippen molar-refractivity contribution >= 4 is 0 Å². The fourth-order valence-electron chi connectivity index (χ4n) is 2.35. The number of oxazole rings is 1. The van der Waals surface area contributed by atoms with Crippen LogP contribution < -0.4 is 14.2 Å². The molecule has 0 aliphatic carbocycles. The number of methoxy groups -OCH3 is 3. The van der Waals surface area contributed by atoms with E-state index in [1.165, 1.54) is 0 Å². The Kier molecular flexibility index (Phi) is 5.70. The molecule has 0 radical (unpaired) electrons. The topological polar surface area (TPSA) is 75.8 Å². The van der Waals surface area contributed by atoms with Crippen molar-refractivity contribution in [1.82, 2.24) is 9.97 Å². The van der Waals surface area contributed by atoms with Crippen LogP contribution in [0.2, 0.25) is 0 Å². The van der Waals surface area contributed by atoms with Gasteiger partial charge in [-0.1, -0.05) is 0 Å². The van der Waals surface area contributed by atoms with Crippen LogP contribution in [0.25, 0.3) is 22.6 Å². The van der Waals surface area contributed by atoms with Crippen LogP contribution in [-0.2, 0) is 4.74 Å². The second kappa shape index (κ2) is 8.35. The molecular weight excluding hydrogens is 336 g/mol. The molecular formula is C19H20N2O5. The monoisotopic (exact) mass is 356 g/mol. The van der Waals surface area contributed by atoms with Crippen LogP contribution in [0.15, 0.2) is 47.0 Å². The first kappa shape index (κ1) is 17.8. The number of pyridine rings is 1. The molecule has 0 saturated heterocycles. The van der Waals surface area contributed by atoms with Crippen LogP contribution >= 0.6 is 0 Å². The summed E-state index contributed by atoms with van der Waals surface area (Å²) in [6.07, 6.45) is 1.86. The molecule has 0 bridgehead atoms. The summed E-state index contributed by atoms with van der Waals surface area (Å²) in [7, 11) is 4.80. The van der Waals surface area contributed by atoms with Crippen LogP contribution in [0.1, 0.15) is 0 Å². The van der Waals surface area contributed by atoms with Crippen molar-refractivity contribution in [1.29, 1.82) is 0 Å². The largest absolute Gasteiger partial charge is 0.497 e. The smallest absolute Gasteiger partial charge is 0.394 e. The van der Waals surface area contributed by atoms with Gasteiger partial charge < -0.3 is 23.4 Å². The normalized spacial score (nSPS) is 10.6. The lowest BCUT2D eigenvalue weighted by Gasteiger charge is -2.04. The molecule has 3 rings (SSSR count). The van der Waals surface area contributed by atoms with Crippen molar-refractivity contribution < 1.29 is 23.4 Å². The van der Waals surface area contributed by atoms with E-state index in [0.717, 1.165) is 16.9 Å². The predicted octanol–water partition coefficient (Wildman–Crippen LogP) is 3.45. The van der Waals surface area contributed by atoms with Crippen molar-refractivity contribution in [2.45, 2.75) is 0 Å². The van der Waals surface area contributed by atoms with Gasteiger partial charge in [-0.15, -0.1) is 0 Å². The molecule has 26 heavy (non-hydrogen) atoms. The highest BCUT2D eigenvalue weighted by atomic mass is 16.6. The molecule has 136 valence electrons. The summed E-state index contributed by atoms with van der Waals surface area (Å²) in [5.41, 5.74) is 2.28. The van der Waals surface area contributed by atoms with Gasteiger partial charge in [0.25, 0.3) is 0 Å². The molecule has 0 spiro atoms. The van der Waals surface area contributed by atoms with E-state index in [0.29, 0.717) is 30.5 Å². The average Bonchev–Trinajstić information content (AvgIpc) is 3.12. The van der Waals surface area contributed by atoms with Crippen molar-refractivity contribution in [2.24, 2.45) is 0 Å². The number of benzene rings is 1. The minimum Gasteiger partial charge on any atom is -0.497 e. The van der Waals surface area contributed by atoms with Crippen molar-refractivity contribution in [3.8, 4) is 40.3 Å². The fourth-order valence-corrected chi connectivity index (χ4v) is 2.35. The molecule has 0 aliphatic heterocycles. The summed E-state index contributed by atoms with van der Waals surface area (Å²) in [5, 5.41) is 0. The van der Waals surface area contributed by atoms with Crippen molar-refractivity contribution in [2.75, 3.05) is 34.5 Å². The Labute approximate surface area is 151 Å². The van der Waals surface area contributed by atoms with Gasteiger partial charge in [-0.2, -0.15) is 4.98 Å². The van der Waals surface area contributed by atoms with E-state index >= 15 is 0 Å². The highest BCUT2D eigenvalue weighted by Crippen LogP contribution is 2.36. The Morgan fingerprint density at radius 3 is 2.27 bits per heavy atom. The first-order valence-electron chi connectivity index (χ1n) is 8.02. The summed E-state index contributed by atoms with van der Waals surface area (Å²) >= 11 is 0. The van der Waals surface area contributed by atoms with Crippen molar-refractivity contribution in [3.63, 3.8) is 0 Å². The zero-order chi connectivity index (χ0) is 18.4. The number of hydrogen-bond acceptors (Lipinski definition) is 7. The van der Waals surface area contributed by atoms with Crippen LogP contribution in [-0.4, -0.2) is 44.5 Å². The maximum atomic E-state index is 5.84. The van der Waals surface area contributed by atoms with E-state index in [9.17, 15) is 0 Å². The molecule has 1 aromatic carbocycles. The molecule has 0 unspecified atom stereocenters. The van der Waals surface area contributed by atoms with E-state index in [4.69, 9.17) is 23.4 Å². The number of nitrogens with zero attached hydrogens (tertiary/aromatic N) is 2.